The number of ether oxygens (including phenoxy) is 1. The molecule has 5 nitrogen and oxygen atoms in total. The molecule has 0 aromatic heterocycles. The standard InChI is InChI=1S/C23H25FN2O3/c1-14-18-8-6-5-7-16(18)13-19(14)25-21(27)20(15-9-11-17(24)12-10-15)26-22(28)29-23(2,3)4/h5-12,14,19H,13H2,1-4H3,(H,25,27). The second-order valence-corrected chi connectivity index (χ2v) is 8.22. The molecule has 0 heterocycles. The molecule has 1 aliphatic rings. The molecular formula is C23H25FN2O3. The van der Waals surface area contributed by atoms with Crippen molar-refractivity contribution in [1.29, 1.82) is 0 Å². The van der Waals surface area contributed by atoms with Crippen LogP contribution in [0.2, 0.25) is 0 Å². The molecule has 2 aromatic carbocycles. The normalized spacial score (nSPS) is 18.9. The van der Waals surface area contributed by atoms with Gasteiger partial charge in [0.1, 0.15) is 17.1 Å². The Labute approximate surface area is 170 Å². The molecule has 29 heavy (non-hydrogen) atoms. The topological polar surface area (TPSA) is 67.8 Å². The van der Waals surface area contributed by atoms with Crippen LogP contribution in [0.5, 0.6) is 0 Å². The lowest BCUT2D eigenvalue weighted by molar-refractivity contribution is -0.115. The third-order valence-electron chi connectivity index (χ3n) is 4.83. The molecule has 0 saturated heterocycles. The van der Waals surface area contributed by atoms with Gasteiger partial charge in [-0.2, -0.15) is 4.99 Å². The van der Waals surface area contributed by atoms with E-state index in [1.165, 1.54) is 35.4 Å². The number of hydrogen-bond acceptors (Lipinski definition) is 3. The molecule has 2 atom stereocenters. The molecule has 0 saturated carbocycles. The number of rotatable bonds is 3. The summed E-state index contributed by atoms with van der Waals surface area (Å²) in [5.74, 6) is -0.802. The van der Waals surface area contributed by atoms with E-state index in [4.69, 9.17) is 4.74 Å². The number of aliphatic imine (C=N–C) groups is 1. The third-order valence-corrected chi connectivity index (χ3v) is 4.83. The highest BCUT2D eigenvalue weighted by Gasteiger charge is 2.31. The first-order valence-corrected chi connectivity index (χ1v) is 9.60. The summed E-state index contributed by atoms with van der Waals surface area (Å²) in [6.07, 6.45) is -0.165. The first kappa shape index (κ1) is 20.7. The van der Waals surface area contributed by atoms with Gasteiger partial charge in [-0.05, 0) is 62.6 Å². The van der Waals surface area contributed by atoms with Crippen molar-refractivity contribution in [3.8, 4) is 0 Å². The third kappa shape index (κ3) is 5.08. The van der Waals surface area contributed by atoms with Crippen LogP contribution in [0.4, 0.5) is 9.18 Å². The molecule has 0 fully saturated rings. The van der Waals surface area contributed by atoms with Crippen LogP contribution >= 0.6 is 0 Å². The van der Waals surface area contributed by atoms with Crippen LogP contribution in [-0.4, -0.2) is 29.4 Å². The fraction of sp³-hybridized carbons (Fsp3) is 0.348. The molecule has 6 heteroatoms. The van der Waals surface area contributed by atoms with E-state index in [2.05, 4.69) is 23.3 Å². The molecule has 0 radical (unpaired) electrons. The van der Waals surface area contributed by atoms with E-state index in [1.54, 1.807) is 20.8 Å². The lowest BCUT2D eigenvalue weighted by Crippen LogP contribution is -2.41. The van der Waals surface area contributed by atoms with Crippen molar-refractivity contribution >= 4 is 17.7 Å². The number of carbonyl (C=O) groups excluding carboxylic acids is 2. The highest BCUT2D eigenvalue weighted by Crippen LogP contribution is 2.32. The SMILES string of the molecule is CC1c2ccccc2CC1NC(=O)C(=NC(=O)OC(C)(C)C)c1ccc(F)cc1. The minimum Gasteiger partial charge on any atom is -0.442 e. The Morgan fingerprint density at radius 3 is 2.38 bits per heavy atom. The van der Waals surface area contributed by atoms with Gasteiger partial charge in [0.25, 0.3) is 5.91 Å². The van der Waals surface area contributed by atoms with E-state index in [-0.39, 0.29) is 17.7 Å². The van der Waals surface area contributed by atoms with Crippen molar-refractivity contribution in [1.82, 2.24) is 5.32 Å². The van der Waals surface area contributed by atoms with Crippen LogP contribution in [0, 0.1) is 5.82 Å². The number of nitrogens with one attached hydrogen (secondary N) is 1. The molecule has 2 amide bonds. The van der Waals surface area contributed by atoms with Gasteiger partial charge in [-0.3, -0.25) is 4.79 Å². The first-order valence-electron chi connectivity index (χ1n) is 9.60. The summed E-state index contributed by atoms with van der Waals surface area (Å²) in [6.45, 7) is 7.21. The Balaban J connectivity index is 1.85. The molecule has 1 aliphatic carbocycles. The number of benzene rings is 2. The van der Waals surface area contributed by atoms with Gasteiger partial charge in [-0.15, -0.1) is 0 Å². The van der Waals surface area contributed by atoms with Gasteiger partial charge in [-0.1, -0.05) is 31.2 Å². The van der Waals surface area contributed by atoms with Crippen LogP contribution in [0.3, 0.4) is 0 Å². The Bertz CT molecular complexity index is 945. The van der Waals surface area contributed by atoms with Crippen LogP contribution in [0.1, 0.15) is 50.3 Å². The van der Waals surface area contributed by atoms with Crippen LogP contribution in [0.25, 0.3) is 0 Å². The predicted molar refractivity (Wildman–Crippen MR) is 110 cm³/mol. The van der Waals surface area contributed by atoms with Gasteiger partial charge in [-0.25, -0.2) is 9.18 Å². The van der Waals surface area contributed by atoms with Gasteiger partial charge in [0, 0.05) is 17.5 Å². The quantitative estimate of drug-likeness (QED) is 0.782. The fourth-order valence-corrected chi connectivity index (χ4v) is 3.44. The van der Waals surface area contributed by atoms with Crippen molar-refractivity contribution < 1.29 is 18.7 Å². The number of halogens is 1. The summed E-state index contributed by atoms with van der Waals surface area (Å²) < 4.78 is 18.6. The number of hydrogen-bond donors (Lipinski definition) is 1. The van der Waals surface area contributed by atoms with Crippen molar-refractivity contribution in [2.75, 3.05) is 0 Å². The van der Waals surface area contributed by atoms with E-state index in [0.717, 1.165) is 0 Å². The maximum atomic E-state index is 13.3. The highest BCUT2D eigenvalue weighted by atomic mass is 19.1. The largest absolute Gasteiger partial charge is 0.442 e. The van der Waals surface area contributed by atoms with E-state index in [9.17, 15) is 14.0 Å². The average molecular weight is 396 g/mol. The fourth-order valence-electron chi connectivity index (χ4n) is 3.44. The van der Waals surface area contributed by atoms with Crippen molar-refractivity contribution in [2.24, 2.45) is 4.99 Å². The summed E-state index contributed by atoms with van der Waals surface area (Å²) in [7, 11) is 0. The van der Waals surface area contributed by atoms with E-state index in [0.29, 0.717) is 12.0 Å². The van der Waals surface area contributed by atoms with Crippen LogP contribution in [-0.2, 0) is 16.0 Å². The van der Waals surface area contributed by atoms with Crippen molar-refractivity contribution in [3.05, 3.63) is 71.0 Å². The van der Waals surface area contributed by atoms with Gasteiger partial charge in [0.2, 0.25) is 0 Å². The Hall–Kier alpha value is -3.02. The van der Waals surface area contributed by atoms with Gasteiger partial charge >= 0.3 is 6.09 Å². The van der Waals surface area contributed by atoms with Crippen molar-refractivity contribution in [3.63, 3.8) is 0 Å². The molecule has 0 bridgehead atoms. The monoisotopic (exact) mass is 396 g/mol. The lowest BCUT2D eigenvalue weighted by atomic mass is 10.0. The summed E-state index contributed by atoms with van der Waals surface area (Å²) >= 11 is 0. The second kappa shape index (κ2) is 8.15. The summed E-state index contributed by atoms with van der Waals surface area (Å²) in [6, 6.07) is 13.2. The molecule has 2 aromatic rings. The van der Waals surface area contributed by atoms with E-state index in [1.807, 2.05) is 18.2 Å². The Morgan fingerprint density at radius 2 is 1.76 bits per heavy atom. The highest BCUT2D eigenvalue weighted by molar-refractivity contribution is 6.46. The van der Waals surface area contributed by atoms with Crippen LogP contribution in [0.15, 0.2) is 53.5 Å². The molecule has 1 N–H and O–H groups in total. The van der Waals surface area contributed by atoms with E-state index >= 15 is 0 Å². The average Bonchev–Trinajstić information content (AvgIpc) is 2.95. The molecule has 152 valence electrons. The summed E-state index contributed by atoms with van der Waals surface area (Å²) in [5.41, 5.74) is 1.90. The zero-order valence-electron chi connectivity index (χ0n) is 17.0. The van der Waals surface area contributed by atoms with E-state index < -0.39 is 23.4 Å². The first-order chi connectivity index (χ1) is 13.6. The molecular weight excluding hydrogens is 371 g/mol. The maximum Gasteiger partial charge on any atom is 0.434 e. The predicted octanol–water partition coefficient (Wildman–Crippen LogP) is 4.39. The minimum absolute atomic E-state index is 0.0950. The van der Waals surface area contributed by atoms with Crippen LogP contribution < -0.4 is 5.32 Å². The molecule has 3 rings (SSSR count). The number of fused-ring (bicyclic) bond motifs is 1. The molecule has 0 spiro atoms. The Morgan fingerprint density at radius 1 is 1.10 bits per heavy atom. The minimum atomic E-state index is -0.866. The summed E-state index contributed by atoms with van der Waals surface area (Å²) in [5, 5.41) is 2.99. The number of carbonyl (C=O) groups is 2. The number of nitrogens with zero attached hydrogens (tertiary/aromatic N) is 1. The van der Waals surface area contributed by atoms with Gasteiger partial charge in [0.15, 0.2) is 0 Å². The molecule has 2 unspecified atom stereocenters. The van der Waals surface area contributed by atoms with Gasteiger partial charge < -0.3 is 10.1 Å². The molecule has 0 aliphatic heterocycles. The lowest BCUT2D eigenvalue weighted by Gasteiger charge is -2.20. The van der Waals surface area contributed by atoms with Gasteiger partial charge in [0.05, 0.1) is 0 Å². The number of amides is 2. The Kier molecular flexibility index (Phi) is 5.82. The zero-order valence-corrected chi connectivity index (χ0v) is 17.0. The second-order valence-electron chi connectivity index (χ2n) is 8.22. The maximum absolute atomic E-state index is 13.3. The van der Waals surface area contributed by atoms with Crippen molar-refractivity contribution in [2.45, 2.75) is 51.7 Å². The summed E-state index contributed by atoms with van der Waals surface area (Å²) in [4.78, 5) is 29.2. The zero-order chi connectivity index (χ0) is 21.2. The smallest absolute Gasteiger partial charge is 0.434 e.